The van der Waals surface area contributed by atoms with Gasteiger partial charge in [-0.3, -0.25) is 4.79 Å². The lowest BCUT2D eigenvalue weighted by atomic mass is 9.81. The average molecular weight is 572 g/mol. The van der Waals surface area contributed by atoms with E-state index in [2.05, 4.69) is 74.0 Å². The number of hydrogen-bond acceptors (Lipinski definition) is 5. The topological polar surface area (TPSA) is 47.9 Å². The number of rotatable bonds is 7. The summed E-state index contributed by atoms with van der Waals surface area (Å²) in [5.41, 5.74) is 2.67. The lowest BCUT2D eigenvalue weighted by molar-refractivity contribution is -0.133. The highest BCUT2D eigenvalue weighted by Gasteiger charge is 2.54. The number of carbonyl (C=O) groups is 1. The molecule has 2 aromatic rings. The van der Waals surface area contributed by atoms with Crippen molar-refractivity contribution < 1.29 is 4.79 Å². The molecule has 0 unspecified atom stereocenters. The van der Waals surface area contributed by atoms with Gasteiger partial charge < -0.3 is 15.1 Å². The van der Waals surface area contributed by atoms with Crippen molar-refractivity contribution in [1.29, 1.82) is 0 Å². The molecule has 5 nitrogen and oxygen atoms in total. The minimum Gasteiger partial charge on any atom is -0.333 e. The molecule has 0 saturated heterocycles. The maximum absolute atomic E-state index is 14.2. The maximum Gasteiger partial charge on any atom is 0.263 e. The summed E-state index contributed by atoms with van der Waals surface area (Å²) < 4.78 is 0. The second kappa shape index (κ2) is 10.5. The Hall–Kier alpha value is -1.99. The lowest BCUT2D eigenvalue weighted by Crippen LogP contribution is -2.56. The molecule has 1 aliphatic carbocycles. The van der Waals surface area contributed by atoms with Gasteiger partial charge in [-0.2, -0.15) is 0 Å². The van der Waals surface area contributed by atoms with Crippen LogP contribution in [0.3, 0.4) is 0 Å². The smallest absolute Gasteiger partial charge is 0.263 e. The monoisotopic (exact) mass is 570 g/mol. The van der Waals surface area contributed by atoms with Gasteiger partial charge in [-0.05, 0) is 93.7 Å². The number of allylic oxidation sites excluding steroid dienone is 1. The molecule has 1 amide bonds. The average Bonchev–Trinajstić information content (AvgIpc) is 3.34. The largest absolute Gasteiger partial charge is 0.333 e. The summed E-state index contributed by atoms with van der Waals surface area (Å²) in [4.78, 5) is 24.8. The fourth-order valence-corrected chi connectivity index (χ4v) is 7.66. The van der Waals surface area contributed by atoms with E-state index in [-0.39, 0.29) is 30.0 Å². The first kappa shape index (κ1) is 27.6. The summed E-state index contributed by atoms with van der Waals surface area (Å²) >= 11 is 14.1. The van der Waals surface area contributed by atoms with Crippen molar-refractivity contribution in [3.05, 3.63) is 80.3 Å². The molecule has 1 N–H and O–H groups in total. The standard InChI is InChI=1S/C30H36Cl2N4OS/c1-17(2)25-26(28(37)35(18(3)4)24-15-23(16-24)33-6)38-29-34-30(5,20-9-13-22(32)14-10-20)27(36(25)29)19-7-11-21(31)12-8-19/h7-14,17-18,23-24,27,33H,15-16H2,1-6H3/t23-,24+,27-,30+/m1/s1. The molecular formula is C30H36Cl2N4OS. The van der Waals surface area contributed by atoms with Crippen LogP contribution in [0.5, 0.6) is 0 Å². The van der Waals surface area contributed by atoms with Crippen LogP contribution in [-0.4, -0.2) is 46.0 Å². The summed E-state index contributed by atoms with van der Waals surface area (Å²) in [6.07, 6.45) is 1.98. The van der Waals surface area contributed by atoms with Crippen LogP contribution in [0.4, 0.5) is 0 Å². The molecule has 202 valence electrons. The zero-order chi connectivity index (χ0) is 27.4. The number of nitrogens with zero attached hydrogens (tertiary/aromatic N) is 3. The molecule has 2 atom stereocenters. The normalized spacial score (nSPS) is 26.6. The van der Waals surface area contributed by atoms with Crippen molar-refractivity contribution in [2.75, 3.05) is 7.05 Å². The Labute approximate surface area is 240 Å². The fourth-order valence-electron chi connectivity index (χ4n) is 6.05. The van der Waals surface area contributed by atoms with Crippen molar-refractivity contribution in [2.45, 2.75) is 77.2 Å². The SMILES string of the molecule is CN[C@H]1C[C@@H](N(C(=O)C2=C(C(C)C)N3C(=N[C@@](C)(c4ccc(Cl)cc4)[C@H]3c3ccc(Cl)cc3)S2)C(C)C)C1. The van der Waals surface area contributed by atoms with Crippen molar-refractivity contribution in [3.8, 4) is 0 Å². The molecule has 0 radical (unpaired) electrons. The summed E-state index contributed by atoms with van der Waals surface area (Å²) in [6.45, 7) is 10.7. The Morgan fingerprint density at radius 1 is 1.05 bits per heavy atom. The van der Waals surface area contributed by atoms with E-state index in [1.54, 1.807) is 0 Å². The Morgan fingerprint density at radius 3 is 2.16 bits per heavy atom. The van der Waals surface area contributed by atoms with Crippen LogP contribution in [0.1, 0.15) is 64.6 Å². The minimum atomic E-state index is -0.568. The van der Waals surface area contributed by atoms with E-state index in [9.17, 15) is 4.79 Å². The van der Waals surface area contributed by atoms with Crippen molar-refractivity contribution in [3.63, 3.8) is 0 Å². The molecule has 5 rings (SSSR count). The number of benzene rings is 2. The van der Waals surface area contributed by atoms with Crippen LogP contribution in [0.25, 0.3) is 0 Å². The molecule has 3 aliphatic rings. The second-order valence-electron chi connectivity index (χ2n) is 11.3. The van der Waals surface area contributed by atoms with Gasteiger partial charge in [0.15, 0.2) is 5.17 Å². The van der Waals surface area contributed by atoms with Crippen LogP contribution >= 0.6 is 35.0 Å². The van der Waals surface area contributed by atoms with Gasteiger partial charge in [-0.1, -0.05) is 61.3 Å². The highest BCUT2D eigenvalue weighted by atomic mass is 35.5. The predicted octanol–water partition coefficient (Wildman–Crippen LogP) is 7.22. The highest BCUT2D eigenvalue weighted by molar-refractivity contribution is 8.18. The number of thioether (sulfide) groups is 1. The van der Waals surface area contributed by atoms with Gasteiger partial charge in [0.2, 0.25) is 0 Å². The van der Waals surface area contributed by atoms with Gasteiger partial charge in [-0.25, -0.2) is 4.99 Å². The van der Waals surface area contributed by atoms with Gasteiger partial charge in [0.1, 0.15) is 10.4 Å². The zero-order valence-corrected chi connectivity index (χ0v) is 25.2. The third-order valence-electron chi connectivity index (χ3n) is 8.07. The fraction of sp³-hybridized carbons (Fsp3) is 0.467. The summed E-state index contributed by atoms with van der Waals surface area (Å²) in [6, 6.07) is 16.7. The van der Waals surface area contributed by atoms with E-state index in [1.807, 2.05) is 31.3 Å². The number of hydrogen-bond donors (Lipinski definition) is 1. The van der Waals surface area contributed by atoms with Gasteiger partial charge in [0, 0.05) is 33.9 Å². The van der Waals surface area contributed by atoms with Gasteiger partial charge in [-0.15, -0.1) is 0 Å². The summed E-state index contributed by atoms with van der Waals surface area (Å²) in [5, 5.41) is 5.61. The van der Waals surface area contributed by atoms with E-state index < -0.39 is 5.54 Å². The van der Waals surface area contributed by atoms with Crippen LogP contribution in [0.2, 0.25) is 10.0 Å². The quantitative estimate of drug-likeness (QED) is 0.381. The molecule has 0 bridgehead atoms. The number of fused-ring (bicyclic) bond motifs is 1. The maximum atomic E-state index is 14.2. The van der Waals surface area contributed by atoms with E-state index >= 15 is 0 Å². The molecule has 2 heterocycles. The van der Waals surface area contributed by atoms with Crippen LogP contribution < -0.4 is 5.32 Å². The number of halogens is 2. The Morgan fingerprint density at radius 2 is 1.63 bits per heavy atom. The summed E-state index contributed by atoms with van der Waals surface area (Å²) in [5.74, 6) is 0.255. The van der Waals surface area contributed by atoms with Gasteiger partial charge in [0.05, 0.1) is 6.04 Å². The molecule has 0 spiro atoms. The molecule has 8 heteroatoms. The molecule has 2 aliphatic heterocycles. The van der Waals surface area contributed by atoms with E-state index in [0.717, 1.165) is 39.7 Å². The Bertz CT molecular complexity index is 1270. The highest BCUT2D eigenvalue weighted by Crippen LogP contribution is 2.56. The van der Waals surface area contributed by atoms with Crippen molar-refractivity contribution >= 4 is 46.0 Å². The molecule has 2 aromatic carbocycles. The lowest BCUT2D eigenvalue weighted by Gasteiger charge is -2.45. The third kappa shape index (κ3) is 4.68. The Kier molecular flexibility index (Phi) is 7.64. The van der Waals surface area contributed by atoms with Crippen LogP contribution in [-0.2, 0) is 10.3 Å². The molecule has 1 saturated carbocycles. The Balaban J connectivity index is 1.60. The number of carbonyl (C=O) groups excluding carboxylic acids is 1. The van der Waals surface area contributed by atoms with Crippen molar-refractivity contribution in [1.82, 2.24) is 15.1 Å². The van der Waals surface area contributed by atoms with Gasteiger partial charge in [0.25, 0.3) is 5.91 Å². The molecule has 38 heavy (non-hydrogen) atoms. The number of amides is 1. The first-order valence-electron chi connectivity index (χ1n) is 13.4. The first-order valence-corrected chi connectivity index (χ1v) is 14.9. The number of aliphatic imine (C=N–C) groups is 1. The minimum absolute atomic E-state index is 0.119. The van der Waals surface area contributed by atoms with Crippen LogP contribution in [0.15, 0.2) is 64.1 Å². The molecule has 0 aromatic heterocycles. The van der Waals surface area contributed by atoms with E-state index in [0.29, 0.717) is 16.1 Å². The van der Waals surface area contributed by atoms with Crippen molar-refractivity contribution in [2.24, 2.45) is 10.9 Å². The summed E-state index contributed by atoms with van der Waals surface area (Å²) in [7, 11) is 2.00. The predicted molar refractivity (Wildman–Crippen MR) is 160 cm³/mol. The number of nitrogens with one attached hydrogen (secondary N) is 1. The molecule has 1 fully saturated rings. The number of amidine groups is 1. The molecular weight excluding hydrogens is 535 g/mol. The van der Waals surface area contributed by atoms with E-state index in [4.69, 9.17) is 28.2 Å². The first-order chi connectivity index (χ1) is 18.0. The third-order valence-corrected chi connectivity index (χ3v) is 9.63. The zero-order valence-electron chi connectivity index (χ0n) is 22.8. The van der Waals surface area contributed by atoms with Gasteiger partial charge >= 0.3 is 0 Å². The van der Waals surface area contributed by atoms with Crippen LogP contribution in [0, 0.1) is 5.92 Å². The van der Waals surface area contributed by atoms with E-state index in [1.165, 1.54) is 11.8 Å². The second-order valence-corrected chi connectivity index (χ2v) is 13.1.